The molecule has 1 amide bonds. The van der Waals surface area contributed by atoms with Crippen LogP contribution in [0.4, 0.5) is 4.79 Å². The average Bonchev–Trinajstić information content (AvgIpc) is 3.25. The van der Waals surface area contributed by atoms with Gasteiger partial charge in [0.2, 0.25) is 0 Å². The highest BCUT2D eigenvalue weighted by molar-refractivity contribution is 5.82. The van der Waals surface area contributed by atoms with E-state index in [4.69, 9.17) is 11.2 Å². The summed E-state index contributed by atoms with van der Waals surface area (Å²) in [4.78, 5) is 24.7. The summed E-state index contributed by atoms with van der Waals surface area (Å²) in [6, 6.07) is 14.9. The molecule has 2 N–H and O–H groups in total. The minimum atomic E-state index is -1.20. The third kappa shape index (κ3) is 3.77. The molecule has 6 heteroatoms. The average molecular weight is 420 g/mol. The van der Waals surface area contributed by atoms with E-state index < -0.39 is 23.5 Å². The molecule has 0 aromatic heterocycles. The van der Waals surface area contributed by atoms with Crippen molar-refractivity contribution < 1.29 is 23.9 Å². The van der Waals surface area contributed by atoms with Gasteiger partial charge in [-0.05, 0) is 22.3 Å². The van der Waals surface area contributed by atoms with E-state index in [0.29, 0.717) is 17.4 Å². The predicted octanol–water partition coefficient (Wildman–Crippen LogP) is 3.08. The Bertz CT molecular complexity index is 1030. The van der Waals surface area contributed by atoms with Gasteiger partial charge in [-0.2, -0.15) is 0 Å². The number of likely N-dealkylation sites (tertiary alicyclic amines) is 1. The van der Waals surface area contributed by atoms with Gasteiger partial charge in [0, 0.05) is 12.3 Å². The molecule has 4 rings (SSSR count). The van der Waals surface area contributed by atoms with Gasteiger partial charge in [0.15, 0.2) is 6.04 Å². The number of carboxylic acids is 1. The lowest BCUT2D eigenvalue weighted by atomic mass is 9.80. The normalized spacial score (nSPS) is 22.1. The van der Waals surface area contributed by atoms with E-state index in [0.717, 1.165) is 28.8 Å². The number of carboxylic acid groups (broad SMARTS) is 1. The van der Waals surface area contributed by atoms with Crippen molar-refractivity contribution in [3.8, 4) is 23.5 Å². The number of ether oxygens (including phenoxy) is 1. The summed E-state index contributed by atoms with van der Waals surface area (Å²) < 4.78 is 6.15. The molecule has 2 aliphatic rings. The number of rotatable bonds is 5. The smallest absolute Gasteiger partial charge is 0.407 e. The molecule has 2 atom stereocenters. The van der Waals surface area contributed by atoms with Gasteiger partial charge < -0.3 is 19.6 Å². The summed E-state index contributed by atoms with van der Waals surface area (Å²) in [6.45, 7) is 1.35. The zero-order valence-electron chi connectivity index (χ0n) is 17.8. The quantitative estimate of drug-likeness (QED) is 0.577. The van der Waals surface area contributed by atoms with Crippen LogP contribution in [0.1, 0.15) is 23.5 Å². The molecule has 2 aromatic carbocycles. The summed E-state index contributed by atoms with van der Waals surface area (Å²) in [5, 5.41) is 12.4. The maximum Gasteiger partial charge on any atom is 0.407 e. The largest absolute Gasteiger partial charge is 0.480 e. The van der Waals surface area contributed by atoms with E-state index >= 15 is 0 Å². The highest BCUT2D eigenvalue weighted by Crippen LogP contribution is 2.44. The molecule has 1 heterocycles. The van der Waals surface area contributed by atoms with Gasteiger partial charge in [-0.3, -0.25) is 0 Å². The number of carbonyl (C=O) groups excluding carboxylic acids is 1. The Hall–Kier alpha value is -3.30. The lowest BCUT2D eigenvalue weighted by Crippen LogP contribution is -2.54. The van der Waals surface area contributed by atoms with Gasteiger partial charge >= 0.3 is 12.1 Å². The molecule has 31 heavy (non-hydrogen) atoms. The van der Waals surface area contributed by atoms with Crippen LogP contribution in [-0.2, 0) is 9.53 Å². The molecular formula is C25H27N2O4+. The lowest BCUT2D eigenvalue weighted by Gasteiger charge is -2.31. The molecule has 6 nitrogen and oxygen atoms in total. The Morgan fingerprint density at radius 3 is 2.26 bits per heavy atom. The SMILES string of the molecule is C#C[C@]1([C@@H](NC(=O)OCC2c3ccccc3-c3ccccc32)C(=O)O)CC[N+](C)(C)C1. The number of terminal acetylenes is 1. The van der Waals surface area contributed by atoms with Crippen molar-refractivity contribution in [2.75, 3.05) is 33.8 Å². The second-order valence-electron chi connectivity index (χ2n) is 9.11. The number of amides is 1. The second kappa shape index (κ2) is 7.75. The first-order chi connectivity index (χ1) is 14.8. The Balaban J connectivity index is 1.49. The van der Waals surface area contributed by atoms with Gasteiger partial charge in [-0.15, -0.1) is 6.42 Å². The van der Waals surface area contributed by atoms with Crippen LogP contribution in [0.25, 0.3) is 11.1 Å². The fourth-order valence-electron chi connectivity index (χ4n) is 5.06. The maximum absolute atomic E-state index is 12.6. The highest BCUT2D eigenvalue weighted by Gasteiger charge is 2.52. The number of quaternary nitrogens is 1. The zero-order chi connectivity index (χ0) is 22.2. The summed E-state index contributed by atoms with van der Waals surface area (Å²) >= 11 is 0. The minimum absolute atomic E-state index is 0.0925. The van der Waals surface area contributed by atoms with E-state index in [9.17, 15) is 14.7 Å². The molecule has 1 saturated heterocycles. The van der Waals surface area contributed by atoms with Crippen LogP contribution in [-0.4, -0.2) is 61.5 Å². The molecule has 1 aliphatic carbocycles. The van der Waals surface area contributed by atoms with Crippen LogP contribution in [0.2, 0.25) is 0 Å². The molecular weight excluding hydrogens is 392 g/mol. The van der Waals surface area contributed by atoms with Crippen molar-refractivity contribution in [3.05, 3.63) is 59.7 Å². The monoisotopic (exact) mass is 419 g/mol. The number of carbonyl (C=O) groups is 2. The Morgan fingerprint density at radius 2 is 1.77 bits per heavy atom. The maximum atomic E-state index is 12.6. The van der Waals surface area contributed by atoms with Gasteiger partial charge in [0.05, 0.1) is 27.2 Å². The molecule has 0 spiro atoms. The Kier molecular flexibility index (Phi) is 5.24. The van der Waals surface area contributed by atoms with Gasteiger partial charge in [0.25, 0.3) is 0 Å². The van der Waals surface area contributed by atoms with Crippen LogP contribution in [0.5, 0.6) is 0 Å². The van der Waals surface area contributed by atoms with Crippen molar-refractivity contribution in [1.82, 2.24) is 5.32 Å². The van der Waals surface area contributed by atoms with Crippen molar-refractivity contribution in [2.45, 2.75) is 18.4 Å². The number of benzene rings is 2. The summed E-state index contributed by atoms with van der Waals surface area (Å²) in [7, 11) is 4.01. The van der Waals surface area contributed by atoms with Gasteiger partial charge in [-0.1, -0.05) is 54.5 Å². The van der Waals surface area contributed by atoms with Crippen LogP contribution in [0.3, 0.4) is 0 Å². The number of nitrogens with one attached hydrogen (secondary N) is 1. The van der Waals surface area contributed by atoms with Crippen molar-refractivity contribution in [2.24, 2.45) is 5.41 Å². The van der Waals surface area contributed by atoms with E-state index in [1.165, 1.54) is 0 Å². The number of hydrogen-bond donors (Lipinski definition) is 2. The van der Waals surface area contributed by atoms with Crippen LogP contribution in [0, 0.1) is 17.8 Å². The van der Waals surface area contributed by atoms with Crippen molar-refractivity contribution in [3.63, 3.8) is 0 Å². The third-order valence-corrected chi connectivity index (χ3v) is 6.57. The predicted molar refractivity (Wildman–Crippen MR) is 117 cm³/mol. The number of fused-ring (bicyclic) bond motifs is 3. The number of alkyl carbamates (subject to hydrolysis) is 1. The summed E-state index contributed by atoms with van der Waals surface area (Å²) in [6.07, 6.45) is 5.53. The minimum Gasteiger partial charge on any atom is -0.480 e. The number of aliphatic carboxylic acids is 1. The standard InChI is InChI=1S/C25H26N2O4/c1-4-25(13-14-27(2,3)16-25)22(23(28)29)26-24(30)31-15-21-19-11-7-5-9-17(19)18-10-6-8-12-20(18)21/h1,5-12,21-22H,13-16H2,2-3H3,(H-,26,28,29,30)/p+1/t22-,25-/m0/s1. The summed E-state index contributed by atoms with van der Waals surface area (Å²) in [5.74, 6) is 1.44. The van der Waals surface area contributed by atoms with Crippen LogP contribution in [0.15, 0.2) is 48.5 Å². The number of nitrogens with zero attached hydrogens (tertiary/aromatic N) is 1. The Labute approximate surface area is 182 Å². The molecule has 0 bridgehead atoms. The highest BCUT2D eigenvalue weighted by atomic mass is 16.5. The summed E-state index contributed by atoms with van der Waals surface area (Å²) in [5.41, 5.74) is 3.52. The lowest BCUT2D eigenvalue weighted by molar-refractivity contribution is -0.880. The van der Waals surface area contributed by atoms with E-state index in [2.05, 4.69) is 23.4 Å². The zero-order valence-corrected chi connectivity index (χ0v) is 17.8. The molecule has 160 valence electrons. The topological polar surface area (TPSA) is 75.6 Å². The van der Waals surface area contributed by atoms with E-state index in [1.54, 1.807) is 0 Å². The van der Waals surface area contributed by atoms with E-state index in [1.807, 2.05) is 50.5 Å². The molecule has 1 fully saturated rings. The van der Waals surface area contributed by atoms with Gasteiger partial charge in [-0.25, -0.2) is 9.59 Å². The third-order valence-electron chi connectivity index (χ3n) is 6.57. The fourth-order valence-corrected chi connectivity index (χ4v) is 5.06. The second-order valence-corrected chi connectivity index (χ2v) is 9.11. The molecule has 0 radical (unpaired) electrons. The van der Waals surface area contributed by atoms with Gasteiger partial charge in [0.1, 0.15) is 12.0 Å². The Morgan fingerprint density at radius 1 is 1.19 bits per heavy atom. The molecule has 2 aromatic rings. The number of hydrogen-bond acceptors (Lipinski definition) is 3. The van der Waals surface area contributed by atoms with Crippen LogP contribution >= 0.6 is 0 Å². The van der Waals surface area contributed by atoms with Crippen molar-refractivity contribution in [1.29, 1.82) is 0 Å². The van der Waals surface area contributed by atoms with Crippen LogP contribution < -0.4 is 5.32 Å². The molecule has 0 saturated carbocycles. The first-order valence-corrected chi connectivity index (χ1v) is 10.4. The first kappa shape index (κ1) is 21.0. The first-order valence-electron chi connectivity index (χ1n) is 10.4. The molecule has 1 aliphatic heterocycles. The van der Waals surface area contributed by atoms with Crippen molar-refractivity contribution >= 4 is 12.1 Å². The fraction of sp³-hybridized carbons (Fsp3) is 0.360. The van der Waals surface area contributed by atoms with E-state index in [-0.39, 0.29) is 12.5 Å². The molecule has 0 unspecified atom stereocenters.